The molecular weight excluding hydrogens is 314 g/mol. The first kappa shape index (κ1) is 18.0. The number of hydrogen-bond acceptors (Lipinski definition) is 4. The van der Waals surface area contributed by atoms with Crippen LogP contribution < -0.4 is 4.74 Å². The van der Waals surface area contributed by atoms with E-state index >= 15 is 0 Å². The number of nitrogens with zero attached hydrogens (tertiary/aromatic N) is 3. The fourth-order valence-electron chi connectivity index (χ4n) is 4.04. The first-order chi connectivity index (χ1) is 12.1. The molecule has 1 aromatic rings. The maximum atomic E-state index is 13.0. The van der Waals surface area contributed by atoms with Gasteiger partial charge in [-0.3, -0.25) is 14.6 Å². The standard InChI is InChI=1S/C20H29N3O2/c1-4-11-23-15-14-21(2)20(19(23)24)9-12-22(13-10-20)16-17-5-7-18(25-3)8-6-17/h4-8H,1,9-16H2,2-3H3. The zero-order chi connectivity index (χ0) is 17.9. The largest absolute Gasteiger partial charge is 0.497 e. The lowest BCUT2D eigenvalue weighted by molar-refractivity contribution is -0.153. The van der Waals surface area contributed by atoms with Gasteiger partial charge < -0.3 is 9.64 Å². The van der Waals surface area contributed by atoms with Crippen LogP contribution in [0.4, 0.5) is 0 Å². The maximum absolute atomic E-state index is 13.0. The molecule has 0 atom stereocenters. The minimum atomic E-state index is -0.322. The Morgan fingerprint density at radius 2 is 1.84 bits per heavy atom. The second-order valence-electron chi connectivity index (χ2n) is 7.12. The monoisotopic (exact) mass is 343 g/mol. The Balaban J connectivity index is 1.63. The minimum absolute atomic E-state index is 0.283. The van der Waals surface area contributed by atoms with E-state index < -0.39 is 0 Å². The van der Waals surface area contributed by atoms with Crippen molar-refractivity contribution in [3.8, 4) is 5.75 Å². The number of piperidine rings is 1. The molecule has 2 saturated heterocycles. The predicted molar refractivity (Wildman–Crippen MR) is 99.6 cm³/mol. The van der Waals surface area contributed by atoms with Crippen LogP contribution in [0.15, 0.2) is 36.9 Å². The summed E-state index contributed by atoms with van der Waals surface area (Å²) in [7, 11) is 3.79. The summed E-state index contributed by atoms with van der Waals surface area (Å²) in [6.07, 6.45) is 3.62. The van der Waals surface area contributed by atoms with E-state index in [1.54, 1.807) is 7.11 Å². The molecule has 2 fully saturated rings. The molecule has 2 heterocycles. The lowest BCUT2D eigenvalue weighted by atomic mass is 9.82. The molecular formula is C20H29N3O2. The van der Waals surface area contributed by atoms with Crippen LogP contribution in [0, 0.1) is 0 Å². The van der Waals surface area contributed by atoms with Gasteiger partial charge in [0.15, 0.2) is 0 Å². The van der Waals surface area contributed by atoms with Crippen LogP contribution in [0.25, 0.3) is 0 Å². The normalized spacial score (nSPS) is 21.5. The molecule has 5 heteroatoms. The van der Waals surface area contributed by atoms with E-state index in [1.807, 2.05) is 23.1 Å². The highest BCUT2D eigenvalue weighted by Crippen LogP contribution is 2.33. The third kappa shape index (κ3) is 3.58. The van der Waals surface area contributed by atoms with Crippen LogP contribution in [0.5, 0.6) is 5.75 Å². The number of hydrogen-bond donors (Lipinski definition) is 0. The fourth-order valence-corrected chi connectivity index (χ4v) is 4.04. The minimum Gasteiger partial charge on any atom is -0.497 e. The Kier molecular flexibility index (Phi) is 5.45. The van der Waals surface area contributed by atoms with Gasteiger partial charge in [0.25, 0.3) is 0 Å². The zero-order valence-corrected chi connectivity index (χ0v) is 15.4. The number of likely N-dealkylation sites (N-methyl/N-ethyl adjacent to an activating group) is 1. The van der Waals surface area contributed by atoms with Gasteiger partial charge in [0.05, 0.1) is 7.11 Å². The number of amides is 1. The predicted octanol–water partition coefficient (Wildman–Crippen LogP) is 1.99. The van der Waals surface area contributed by atoms with Crippen molar-refractivity contribution in [1.82, 2.24) is 14.7 Å². The van der Waals surface area contributed by atoms with Crippen molar-refractivity contribution in [2.45, 2.75) is 24.9 Å². The van der Waals surface area contributed by atoms with E-state index in [9.17, 15) is 4.79 Å². The van der Waals surface area contributed by atoms with E-state index in [0.717, 1.165) is 51.3 Å². The summed E-state index contributed by atoms with van der Waals surface area (Å²) in [5.41, 5.74) is 0.964. The highest BCUT2D eigenvalue weighted by atomic mass is 16.5. The van der Waals surface area contributed by atoms with Crippen molar-refractivity contribution in [2.24, 2.45) is 0 Å². The van der Waals surface area contributed by atoms with Crippen LogP contribution in [0.2, 0.25) is 0 Å². The second-order valence-corrected chi connectivity index (χ2v) is 7.12. The van der Waals surface area contributed by atoms with Gasteiger partial charge in [0, 0.05) is 39.3 Å². The second kappa shape index (κ2) is 7.58. The Hall–Kier alpha value is -1.85. The molecule has 1 amide bonds. The molecule has 0 saturated carbocycles. The summed E-state index contributed by atoms with van der Waals surface area (Å²) in [4.78, 5) is 19.7. The first-order valence-electron chi connectivity index (χ1n) is 9.06. The summed E-state index contributed by atoms with van der Waals surface area (Å²) in [6, 6.07) is 8.25. The summed E-state index contributed by atoms with van der Waals surface area (Å²) in [5, 5.41) is 0. The third-order valence-electron chi connectivity index (χ3n) is 5.72. The van der Waals surface area contributed by atoms with Crippen molar-refractivity contribution in [2.75, 3.05) is 46.9 Å². The number of piperazine rings is 1. The molecule has 0 radical (unpaired) electrons. The topological polar surface area (TPSA) is 36.0 Å². The molecule has 2 aliphatic rings. The van der Waals surface area contributed by atoms with Gasteiger partial charge in [-0.1, -0.05) is 18.2 Å². The van der Waals surface area contributed by atoms with Gasteiger partial charge in [-0.25, -0.2) is 0 Å². The molecule has 0 aliphatic carbocycles. The van der Waals surface area contributed by atoms with Crippen molar-refractivity contribution >= 4 is 5.91 Å². The zero-order valence-electron chi connectivity index (χ0n) is 15.4. The summed E-state index contributed by atoms with van der Waals surface area (Å²) < 4.78 is 5.22. The van der Waals surface area contributed by atoms with Gasteiger partial charge in [0.2, 0.25) is 5.91 Å². The Morgan fingerprint density at radius 3 is 2.44 bits per heavy atom. The molecule has 0 N–H and O–H groups in total. The highest BCUT2D eigenvalue weighted by molar-refractivity contribution is 5.87. The van der Waals surface area contributed by atoms with E-state index in [-0.39, 0.29) is 11.4 Å². The summed E-state index contributed by atoms with van der Waals surface area (Å²) >= 11 is 0. The van der Waals surface area contributed by atoms with Crippen molar-refractivity contribution < 1.29 is 9.53 Å². The number of likely N-dealkylation sites (tertiary alicyclic amines) is 1. The van der Waals surface area contributed by atoms with E-state index in [0.29, 0.717) is 6.54 Å². The molecule has 0 unspecified atom stereocenters. The quantitative estimate of drug-likeness (QED) is 0.766. The number of rotatable bonds is 5. The molecule has 1 spiro atoms. The average molecular weight is 343 g/mol. The fraction of sp³-hybridized carbons (Fsp3) is 0.550. The average Bonchev–Trinajstić information content (AvgIpc) is 2.64. The molecule has 0 bridgehead atoms. The number of ether oxygens (including phenoxy) is 1. The summed E-state index contributed by atoms with van der Waals surface area (Å²) in [5.74, 6) is 1.17. The van der Waals surface area contributed by atoms with Gasteiger partial charge >= 0.3 is 0 Å². The molecule has 3 rings (SSSR count). The number of methoxy groups -OCH3 is 1. The maximum Gasteiger partial charge on any atom is 0.243 e. The van der Waals surface area contributed by atoms with Crippen LogP contribution in [0.3, 0.4) is 0 Å². The first-order valence-corrected chi connectivity index (χ1v) is 9.06. The lowest BCUT2D eigenvalue weighted by Crippen LogP contribution is -2.67. The molecule has 1 aromatic carbocycles. The summed E-state index contributed by atoms with van der Waals surface area (Å²) in [6.45, 7) is 9.01. The van der Waals surface area contributed by atoms with Gasteiger partial charge in [0.1, 0.15) is 11.3 Å². The molecule has 2 aliphatic heterocycles. The van der Waals surface area contributed by atoms with Crippen LogP contribution in [-0.2, 0) is 11.3 Å². The Labute approximate surface area is 150 Å². The molecule has 5 nitrogen and oxygen atoms in total. The Bertz CT molecular complexity index is 606. The van der Waals surface area contributed by atoms with Crippen molar-refractivity contribution in [1.29, 1.82) is 0 Å². The number of carbonyl (C=O) groups is 1. The number of carbonyl (C=O) groups excluding carboxylic acids is 1. The van der Waals surface area contributed by atoms with Crippen molar-refractivity contribution in [3.63, 3.8) is 0 Å². The number of benzene rings is 1. The van der Waals surface area contributed by atoms with Gasteiger partial charge in [-0.2, -0.15) is 0 Å². The SMILES string of the molecule is C=CCN1CCN(C)C2(CCN(Cc3ccc(OC)cc3)CC2)C1=O. The van der Waals surface area contributed by atoms with Gasteiger partial charge in [-0.05, 0) is 37.6 Å². The van der Waals surface area contributed by atoms with E-state index in [1.165, 1.54) is 5.56 Å². The van der Waals surface area contributed by atoms with Crippen LogP contribution in [-0.4, -0.2) is 73.0 Å². The van der Waals surface area contributed by atoms with Crippen LogP contribution >= 0.6 is 0 Å². The molecule has 136 valence electrons. The molecule has 25 heavy (non-hydrogen) atoms. The third-order valence-corrected chi connectivity index (χ3v) is 5.72. The van der Waals surface area contributed by atoms with Gasteiger partial charge in [-0.15, -0.1) is 6.58 Å². The van der Waals surface area contributed by atoms with E-state index in [4.69, 9.17) is 4.74 Å². The van der Waals surface area contributed by atoms with Crippen molar-refractivity contribution in [3.05, 3.63) is 42.5 Å². The van der Waals surface area contributed by atoms with E-state index in [2.05, 4.69) is 35.6 Å². The Morgan fingerprint density at radius 1 is 1.16 bits per heavy atom. The molecule has 0 aromatic heterocycles. The smallest absolute Gasteiger partial charge is 0.243 e. The van der Waals surface area contributed by atoms with Crippen LogP contribution in [0.1, 0.15) is 18.4 Å². The highest BCUT2D eigenvalue weighted by Gasteiger charge is 2.48. The lowest BCUT2D eigenvalue weighted by Gasteiger charge is -2.51.